The van der Waals surface area contributed by atoms with Gasteiger partial charge in [-0.15, -0.1) is 0 Å². The molecule has 0 radical (unpaired) electrons. The van der Waals surface area contributed by atoms with E-state index in [1.165, 1.54) is 0 Å². The van der Waals surface area contributed by atoms with E-state index in [1.807, 2.05) is 37.3 Å². The Labute approximate surface area is 124 Å². The van der Waals surface area contributed by atoms with Crippen molar-refractivity contribution in [3.63, 3.8) is 0 Å². The molecule has 4 N–H and O–H groups in total. The van der Waals surface area contributed by atoms with Crippen LogP contribution in [-0.2, 0) is 11.2 Å². The lowest BCUT2D eigenvalue weighted by atomic mass is 10.1. The fourth-order valence-corrected chi connectivity index (χ4v) is 2.16. The monoisotopic (exact) mass is 284 g/mol. The quantitative estimate of drug-likeness (QED) is 0.807. The molecule has 0 heterocycles. The van der Waals surface area contributed by atoms with Crippen molar-refractivity contribution < 1.29 is 9.90 Å². The fourth-order valence-electron chi connectivity index (χ4n) is 2.16. The van der Waals surface area contributed by atoms with E-state index in [4.69, 9.17) is 5.73 Å². The lowest BCUT2D eigenvalue weighted by Crippen LogP contribution is -2.37. The van der Waals surface area contributed by atoms with E-state index >= 15 is 0 Å². The second-order valence-electron chi connectivity index (χ2n) is 5.19. The fraction of sp³-hybridized carbons (Fsp3) is 0.235. The van der Waals surface area contributed by atoms with Crippen LogP contribution in [0.25, 0.3) is 0 Å². The lowest BCUT2D eigenvalue weighted by Gasteiger charge is -2.15. The summed E-state index contributed by atoms with van der Waals surface area (Å²) < 4.78 is 0. The molecular formula is C17H20N2O2. The maximum atomic E-state index is 12.1. The van der Waals surface area contributed by atoms with E-state index in [0.29, 0.717) is 17.7 Å². The topological polar surface area (TPSA) is 75.4 Å². The Bertz CT molecular complexity index is 639. The standard InChI is InChI=1S/C17H20N2O2/c1-11-8-9-15(12(2)16(11)20)19-17(21)14(18)10-13-6-4-3-5-7-13/h3-9,14,20H,10,18H2,1-2H3,(H,19,21)/t14-/m0/s1. The molecule has 0 saturated carbocycles. The molecular weight excluding hydrogens is 264 g/mol. The average Bonchev–Trinajstić information content (AvgIpc) is 2.48. The molecule has 0 aromatic heterocycles. The molecule has 0 spiro atoms. The summed E-state index contributed by atoms with van der Waals surface area (Å²) in [4.78, 5) is 12.1. The molecule has 1 amide bonds. The van der Waals surface area contributed by atoms with Crippen molar-refractivity contribution in [1.82, 2.24) is 0 Å². The van der Waals surface area contributed by atoms with Crippen LogP contribution in [0.1, 0.15) is 16.7 Å². The highest BCUT2D eigenvalue weighted by molar-refractivity contribution is 5.95. The van der Waals surface area contributed by atoms with Crippen molar-refractivity contribution in [3.05, 3.63) is 59.2 Å². The van der Waals surface area contributed by atoms with Crippen LogP contribution in [0.5, 0.6) is 5.75 Å². The van der Waals surface area contributed by atoms with Gasteiger partial charge in [0.15, 0.2) is 0 Å². The second-order valence-corrected chi connectivity index (χ2v) is 5.19. The maximum Gasteiger partial charge on any atom is 0.241 e. The van der Waals surface area contributed by atoms with Crippen LogP contribution in [0, 0.1) is 13.8 Å². The number of rotatable bonds is 4. The van der Waals surface area contributed by atoms with Crippen LogP contribution in [0.2, 0.25) is 0 Å². The van der Waals surface area contributed by atoms with Crippen LogP contribution < -0.4 is 11.1 Å². The van der Waals surface area contributed by atoms with Gasteiger partial charge in [-0.3, -0.25) is 4.79 Å². The largest absolute Gasteiger partial charge is 0.507 e. The number of phenolic OH excluding ortho intramolecular Hbond substituents is 1. The van der Waals surface area contributed by atoms with Gasteiger partial charge in [-0.2, -0.15) is 0 Å². The van der Waals surface area contributed by atoms with Gasteiger partial charge in [0.05, 0.1) is 6.04 Å². The van der Waals surface area contributed by atoms with Gasteiger partial charge in [-0.1, -0.05) is 36.4 Å². The molecule has 1 atom stereocenters. The van der Waals surface area contributed by atoms with Crippen molar-refractivity contribution in [2.45, 2.75) is 26.3 Å². The number of nitrogens with one attached hydrogen (secondary N) is 1. The number of carbonyl (C=O) groups is 1. The molecule has 0 aliphatic rings. The van der Waals surface area contributed by atoms with Crippen molar-refractivity contribution >= 4 is 11.6 Å². The first-order valence-corrected chi connectivity index (χ1v) is 6.88. The molecule has 0 saturated heterocycles. The van der Waals surface area contributed by atoms with Crippen molar-refractivity contribution in [1.29, 1.82) is 0 Å². The third-order valence-corrected chi connectivity index (χ3v) is 3.53. The van der Waals surface area contributed by atoms with Gasteiger partial charge in [0.1, 0.15) is 5.75 Å². The Morgan fingerprint density at radius 3 is 2.52 bits per heavy atom. The highest BCUT2D eigenvalue weighted by Gasteiger charge is 2.16. The van der Waals surface area contributed by atoms with E-state index in [9.17, 15) is 9.90 Å². The van der Waals surface area contributed by atoms with E-state index in [1.54, 1.807) is 19.1 Å². The third kappa shape index (κ3) is 3.61. The molecule has 0 bridgehead atoms. The van der Waals surface area contributed by atoms with E-state index in [2.05, 4.69) is 5.32 Å². The molecule has 4 nitrogen and oxygen atoms in total. The maximum absolute atomic E-state index is 12.1. The summed E-state index contributed by atoms with van der Waals surface area (Å²) in [5.41, 5.74) is 8.97. The predicted molar refractivity (Wildman–Crippen MR) is 84.3 cm³/mol. The molecule has 2 aromatic carbocycles. The number of aromatic hydroxyl groups is 1. The van der Waals surface area contributed by atoms with Gasteiger partial charge >= 0.3 is 0 Å². The molecule has 0 aliphatic heterocycles. The summed E-state index contributed by atoms with van der Waals surface area (Å²) >= 11 is 0. The Morgan fingerprint density at radius 1 is 1.19 bits per heavy atom. The second kappa shape index (κ2) is 6.41. The number of nitrogens with two attached hydrogens (primary N) is 1. The summed E-state index contributed by atoms with van der Waals surface area (Å²) in [7, 11) is 0. The number of amides is 1. The molecule has 2 rings (SSSR count). The number of anilines is 1. The number of hydrogen-bond donors (Lipinski definition) is 3. The van der Waals surface area contributed by atoms with Crippen molar-refractivity contribution in [2.24, 2.45) is 5.73 Å². The zero-order chi connectivity index (χ0) is 15.4. The highest BCUT2D eigenvalue weighted by atomic mass is 16.3. The zero-order valence-corrected chi connectivity index (χ0v) is 12.3. The Balaban J connectivity index is 2.06. The summed E-state index contributed by atoms with van der Waals surface area (Å²) in [5.74, 6) is -0.0605. The predicted octanol–water partition coefficient (Wildman–Crippen LogP) is 2.52. The van der Waals surface area contributed by atoms with Crippen LogP contribution in [0.15, 0.2) is 42.5 Å². The average molecular weight is 284 g/mol. The zero-order valence-electron chi connectivity index (χ0n) is 12.3. The van der Waals surface area contributed by atoms with Crippen molar-refractivity contribution in [2.75, 3.05) is 5.32 Å². The van der Waals surface area contributed by atoms with E-state index < -0.39 is 6.04 Å². The first-order valence-electron chi connectivity index (χ1n) is 6.88. The van der Waals surface area contributed by atoms with Gasteiger partial charge in [0, 0.05) is 11.3 Å². The smallest absolute Gasteiger partial charge is 0.241 e. The van der Waals surface area contributed by atoms with Crippen LogP contribution in [0.3, 0.4) is 0 Å². The molecule has 0 unspecified atom stereocenters. The number of hydrogen-bond acceptors (Lipinski definition) is 3. The first kappa shape index (κ1) is 15.1. The number of phenols is 1. The highest BCUT2D eigenvalue weighted by Crippen LogP contribution is 2.28. The van der Waals surface area contributed by atoms with E-state index in [-0.39, 0.29) is 11.7 Å². The van der Waals surface area contributed by atoms with Gasteiger partial charge in [-0.25, -0.2) is 0 Å². The van der Waals surface area contributed by atoms with Gasteiger partial charge in [-0.05, 0) is 37.5 Å². The molecule has 2 aromatic rings. The molecule has 4 heteroatoms. The number of benzene rings is 2. The van der Waals surface area contributed by atoms with Crippen LogP contribution in [-0.4, -0.2) is 17.1 Å². The van der Waals surface area contributed by atoms with Gasteiger partial charge < -0.3 is 16.2 Å². The molecule has 0 fully saturated rings. The van der Waals surface area contributed by atoms with Gasteiger partial charge in [0.25, 0.3) is 0 Å². The first-order chi connectivity index (χ1) is 9.99. The summed E-state index contributed by atoms with van der Waals surface area (Å²) in [6.45, 7) is 3.58. The van der Waals surface area contributed by atoms with Crippen LogP contribution >= 0.6 is 0 Å². The summed E-state index contributed by atoms with van der Waals surface area (Å²) in [6.07, 6.45) is 0.476. The Hall–Kier alpha value is -2.33. The van der Waals surface area contributed by atoms with Gasteiger partial charge in [0.2, 0.25) is 5.91 Å². The number of aryl methyl sites for hydroxylation is 1. The molecule has 110 valence electrons. The molecule has 0 aliphatic carbocycles. The normalized spacial score (nSPS) is 12.0. The van der Waals surface area contributed by atoms with Crippen molar-refractivity contribution in [3.8, 4) is 5.75 Å². The summed E-state index contributed by atoms with van der Waals surface area (Å²) in [5, 5.41) is 12.7. The molecule has 21 heavy (non-hydrogen) atoms. The minimum Gasteiger partial charge on any atom is -0.507 e. The number of carbonyl (C=O) groups excluding carboxylic acids is 1. The van der Waals surface area contributed by atoms with Crippen LogP contribution in [0.4, 0.5) is 5.69 Å². The third-order valence-electron chi connectivity index (χ3n) is 3.53. The SMILES string of the molecule is Cc1ccc(NC(=O)[C@@H](N)Cc2ccccc2)c(C)c1O. The minimum absolute atomic E-state index is 0.199. The minimum atomic E-state index is -0.629. The Kier molecular flexibility index (Phi) is 4.60. The summed E-state index contributed by atoms with van der Waals surface area (Å²) in [6, 6.07) is 12.6. The Morgan fingerprint density at radius 2 is 1.86 bits per heavy atom. The lowest BCUT2D eigenvalue weighted by molar-refractivity contribution is -0.117. The van der Waals surface area contributed by atoms with E-state index in [0.717, 1.165) is 11.1 Å².